The van der Waals surface area contributed by atoms with Crippen LogP contribution in [-0.2, 0) is 0 Å². The van der Waals surface area contributed by atoms with E-state index in [0.717, 1.165) is 13.1 Å². The summed E-state index contributed by atoms with van der Waals surface area (Å²) in [5.41, 5.74) is 0. The monoisotopic (exact) mass is 232 g/mol. The summed E-state index contributed by atoms with van der Waals surface area (Å²) in [4.78, 5) is 0. The molecule has 0 aliphatic carbocycles. The molecule has 1 aliphatic heterocycles. The van der Waals surface area contributed by atoms with E-state index < -0.39 is 0 Å². The number of hydrogen-bond donors (Lipinski definition) is 3. The Morgan fingerprint density at radius 3 is 2.93 bits per heavy atom. The van der Waals surface area contributed by atoms with E-state index in [1.165, 1.54) is 19.3 Å². The van der Waals surface area contributed by atoms with Crippen LogP contribution in [-0.4, -0.2) is 48.4 Å². The van der Waals surface area contributed by atoms with Crippen molar-refractivity contribution in [1.82, 2.24) is 10.6 Å². The summed E-state index contributed by atoms with van der Waals surface area (Å²) in [5.74, 6) is 0. The molecule has 3 unspecified atom stereocenters. The SMILES string of the molecule is CSC(CO)C(C)NC1CCCNCC1. The molecule has 1 rings (SSSR count). The quantitative estimate of drug-likeness (QED) is 0.657. The minimum Gasteiger partial charge on any atom is -0.395 e. The van der Waals surface area contributed by atoms with E-state index in [-0.39, 0.29) is 6.61 Å². The van der Waals surface area contributed by atoms with Gasteiger partial charge in [0, 0.05) is 17.3 Å². The Morgan fingerprint density at radius 2 is 2.27 bits per heavy atom. The fraction of sp³-hybridized carbons (Fsp3) is 1.00. The first-order valence-corrected chi connectivity index (χ1v) is 7.17. The van der Waals surface area contributed by atoms with Crippen LogP contribution in [0.1, 0.15) is 26.2 Å². The van der Waals surface area contributed by atoms with Gasteiger partial charge in [0.1, 0.15) is 0 Å². The molecule has 1 saturated heterocycles. The van der Waals surface area contributed by atoms with Crippen molar-refractivity contribution < 1.29 is 5.11 Å². The third-order valence-corrected chi connectivity index (χ3v) is 4.28. The number of rotatable bonds is 5. The second-order valence-corrected chi connectivity index (χ2v) is 5.37. The van der Waals surface area contributed by atoms with E-state index >= 15 is 0 Å². The maximum atomic E-state index is 9.21. The minimum absolute atomic E-state index is 0.264. The van der Waals surface area contributed by atoms with Crippen molar-refractivity contribution in [2.75, 3.05) is 26.0 Å². The largest absolute Gasteiger partial charge is 0.395 e. The lowest BCUT2D eigenvalue weighted by atomic mass is 10.1. The van der Waals surface area contributed by atoms with Gasteiger partial charge in [-0.2, -0.15) is 11.8 Å². The van der Waals surface area contributed by atoms with Gasteiger partial charge in [-0.25, -0.2) is 0 Å². The molecule has 0 aromatic carbocycles. The topological polar surface area (TPSA) is 44.3 Å². The van der Waals surface area contributed by atoms with Gasteiger partial charge in [-0.1, -0.05) is 0 Å². The molecule has 0 aromatic heterocycles. The third-order valence-electron chi connectivity index (χ3n) is 3.11. The van der Waals surface area contributed by atoms with Gasteiger partial charge in [0.25, 0.3) is 0 Å². The molecule has 3 atom stereocenters. The normalized spacial score (nSPS) is 27.0. The lowest BCUT2D eigenvalue weighted by molar-refractivity contribution is 0.268. The van der Waals surface area contributed by atoms with Crippen molar-refractivity contribution in [3.05, 3.63) is 0 Å². The van der Waals surface area contributed by atoms with Crippen molar-refractivity contribution >= 4 is 11.8 Å². The summed E-state index contributed by atoms with van der Waals surface area (Å²) in [7, 11) is 0. The van der Waals surface area contributed by atoms with Crippen LogP contribution in [0.3, 0.4) is 0 Å². The number of hydrogen-bond acceptors (Lipinski definition) is 4. The molecular weight excluding hydrogens is 208 g/mol. The zero-order valence-corrected chi connectivity index (χ0v) is 10.6. The average Bonchev–Trinajstić information content (AvgIpc) is 2.48. The molecule has 0 amide bonds. The Labute approximate surface area is 97.4 Å². The first-order chi connectivity index (χ1) is 7.27. The van der Waals surface area contributed by atoms with Crippen LogP contribution in [0.25, 0.3) is 0 Å². The minimum atomic E-state index is 0.264. The standard InChI is InChI=1S/C11H24N2OS/c1-9(11(8-14)15-2)13-10-4-3-6-12-7-5-10/h9-14H,3-8H2,1-2H3. The highest BCUT2D eigenvalue weighted by Crippen LogP contribution is 2.13. The molecule has 3 N–H and O–H groups in total. The van der Waals surface area contributed by atoms with Gasteiger partial charge in [-0.3, -0.25) is 0 Å². The van der Waals surface area contributed by atoms with E-state index in [1.807, 2.05) is 0 Å². The zero-order chi connectivity index (χ0) is 11.1. The van der Waals surface area contributed by atoms with E-state index in [1.54, 1.807) is 11.8 Å². The Hall–Kier alpha value is 0.230. The molecule has 90 valence electrons. The number of aliphatic hydroxyl groups excluding tert-OH is 1. The molecule has 4 heteroatoms. The lowest BCUT2D eigenvalue weighted by Gasteiger charge is -2.26. The van der Waals surface area contributed by atoms with Crippen molar-refractivity contribution in [3.8, 4) is 0 Å². The summed E-state index contributed by atoms with van der Waals surface area (Å²) in [6, 6.07) is 1.02. The molecule has 0 bridgehead atoms. The summed E-state index contributed by atoms with van der Waals surface area (Å²) in [5, 5.41) is 16.6. The number of aliphatic hydroxyl groups is 1. The smallest absolute Gasteiger partial charge is 0.0564 e. The molecule has 0 aromatic rings. The molecule has 0 saturated carbocycles. The maximum absolute atomic E-state index is 9.21. The fourth-order valence-electron chi connectivity index (χ4n) is 2.10. The van der Waals surface area contributed by atoms with Crippen LogP contribution in [0.15, 0.2) is 0 Å². The van der Waals surface area contributed by atoms with Gasteiger partial charge in [-0.05, 0) is 45.5 Å². The van der Waals surface area contributed by atoms with Crippen LogP contribution in [0.5, 0.6) is 0 Å². The summed E-state index contributed by atoms with van der Waals surface area (Å²) in [6.45, 7) is 4.71. The van der Waals surface area contributed by atoms with E-state index in [2.05, 4.69) is 23.8 Å². The molecule has 3 nitrogen and oxygen atoms in total. The van der Waals surface area contributed by atoms with Crippen molar-refractivity contribution in [1.29, 1.82) is 0 Å². The van der Waals surface area contributed by atoms with Gasteiger partial charge < -0.3 is 15.7 Å². The van der Waals surface area contributed by atoms with E-state index in [9.17, 15) is 5.11 Å². The molecular formula is C11H24N2OS. The lowest BCUT2D eigenvalue weighted by Crippen LogP contribution is -2.43. The number of nitrogens with one attached hydrogen (secondary N) is 2. The Bertz CT molecular complexity index is 157. The molecule has 1 aliphatic rings. The van der Waals surface area contributed by atoms with Gasteiger partial charge >= 0.3 is 0 Å². The van der Waals surface area contributed by atoms with Crippen LogP contribution in [0.2, 0.25) is 0 Å². The summed E-state index contributed by atoms with van der Waals surface area (Å²) < 4.78 is 0. The Balaban J connectivity index is 2.31. The van der Waals surface area contributed by atoms with Crippen molar-refractivity contribution in [2.24, 2.45) is 0 Å². The van der Waals surface area contributed by atoms with Crippen LogP contribution >= 0.6 is 11.8 Å². The van der Waals surface area contributed by atoms with Crippen molar-refractivity contribution in [3.63, 3.8) is 0 Å². The van der Waals surface area contributed by atoms with Gasteiger partial charge in [0.05, 0.1) is 6.61 Å². The van der Waals surface area contributed by atoms with Crippen LogP contribution in [0, 0.1) is 0 Å². The summed E-state index contributed by atoms with van der Waals surface area (Å²) >= 11 is 1.74. The van der Waals surface area contributed by atoms with Crippen molar-refractivity contribution in [2.45, 2.75) is 43.5 Å². The van der Waals surface area contributed by atoms with E-state index in [0.29, 0.717) is 17.3 Å². The van der Waals surface area contributed by atoms with Crippen LogP contribution in [0.4, 0.5) is 0 Å². The Morgan fingerprint density at radius 1 is 1.47 bits per heavy atom. The first kappa shape index (κ1) is 13.3. The zero-order valence-electron chi connectivity index (χ0n) is 9.83. The Kier molecular flexibility index (Phi) is 6.64. The maximum Gasteiger partial charge on any atom is 0.0564 e. The fourth-order valence-corrected chi connectivity index (χ4v) is 2.74. The van der Waals surface area contributed by atoms with Crippen LogP contribution < -0.4 is 10.6 Å². The van der Waals surface area contributed by atoms with E-state index in [4.69, 9.17) is 0 Å². The van der Waals surface area contributed by atoms with Gasteiger partial charge in [0.2, 0.25) is 0 Å². The highest BCUT2D eigenvalue weighted by molar-refractivity contribution is 7.99. The second kappa shape index (κ2) is 7.49. The highest BCUT2D eigenvalue weighted by atomic mass is 32.2. The second-order valence-electron chi connectivity index (χ2n) is 4.29. The molecule has 15 heavy (non-hydrogen) atoms. The summed E-state index contributed by atoms with van der Waals surface area (Å²) in [6.07, 6.45) is 5.78. The molecule has 1 heterocycles. The predicted octanol–water partition coefficient (Wildman–Crippen LogP) is 0.831. The average molecular weight is 232 g/mol. The molecule has 0 spiro atoms. The predicted molar refractivity (Wildman–Crippen MR) is 67.5 cm³/mol. The first-order valence-electron chi connectivity index (χ1n) is 5.88. The third kappa shape index (κ3) is 4.72. The highest BCUT2D eigenvalue weighted by Gasteiger charge is 2.19. The molecule has 0 radical (unpaired) electrons. The van der Waals surface area contributed by atoms with Gasteiger partial charge in [0.15, 0.2) is 0 Å². The number of thioether (sulfide) groups is 1. The molecule has 1 fully saturated rings. The van der Waals surface area contributed by atoms with Gasteiger partial charge in [-0.15, -0.1) is 0 Å².